The van der Waals surface area contributed by atoms with Gasteiger partial charge in [0.25, 0.3) is 0 Å². The first kappa shape index (κ1) is 15.3. The van der Waals surface area contributed by atoms with Crippen LogP contribution in [0, 0.1) is 0 Å². The third-order valence-electron chi connectivity index (χ3n) is 1.98. The van der Waals surface area contributed by atoms with Crippen LogP contribution in [0.5, 0.6) is 0 Å². The number of carbonyl (C=O) groups is 1. The summed E-state index contributed by atoms with van der Waals surface area (Å²) < 4.78 is 9.77. The molecular formula is C10H22N2O4. The van der Waals surface area contributed by atoms with Gasteiger partial charge in [-0.3, -0.25) is 4.79 Å². The Bertz CT molecular complexity index is 172. The van der Waals surface area contributed by atoms with E-state index in [1.165, 1.54) is 0 Å². The average molecular weight is 234 g/mol. The van der Waals surface area contributed by atoms with Gasteiger partial charge in [0, 0.05) is 27.4 Å². The topological polar surface area (TPSA) is 79.8 Å². The number of ether oxygens (including phenoxy) is 2. The Kier molecular flexibility index (Phi) is 10.3. The summed E-state index contributed by atoms with van der Waals surface area (Å²) >= 11 is 0. The highest BCUT2D eigenvalue weighted by atomic mass is 16.5. The fourth-order valence-electron chi connectivity index (χ4n) is 1.21. The number of aliphatic hydroxyl groups excluding tert-OH is 1. The second-order valence-corrected chi connectivity index (χ2v) is 3.40. The molecule has 0 aromatic heterocycles. The molecule has 16 heavy (non-hydrogen) atoms. The Balaban J connectivity index is 3.63. The lowest BCUT2D eigenvalue weighted by molar-refractivity contribution is -0.121. The minimum absolute atomic E-state index is 0.0331. The van der Waals surface area contributed by atoms with Crippen LogP contribution in [-0.4, -0.2) is 64.2 Å². The van der Waals surface area contributed by atoms with Gasteiger partial charge < -0.3 is 25.2 Å². The Hall–Kier alpha value is -0.690. The molecule has 3 N–H and O–H groups in total. The van der Waals surface area contributed by atoms with E-state index < -0.39 is 0 Å². The van der Waals surface area contributed by atoms with Gasteiger partial charge in [-0.2, -0.15) is 0 Å². The lowest BCUT2D eigenvalue weighted by Gasteiger charge is -2.16. The number of rotatable bonds is 10. The lowest BCUT2D eigenvalue weighted by Crippen LogP contribution is -2.43. The van der Waals surface area contributed by atoms with E-state index >= 15 is 0 Å². The van der Waals surface area contributed by atoms with E-state index in [9.17, 15) is 4.79 Å². The second kappa shape index (κ2) is 10.8. The molecule has 0 aromatic rings. The molecule has 0 aliphatic carbocycles. The zero-order chi connectivity index (χ0) is 12.2. The molecule has 0 fully saturated rings. The zero-order valence-corrected chi connectivity index (χ0v) is 9.99. The molecule has 0 saturated carbocycles. The first-order valence-electron chi connectivity index (χ1n) is 5.33. The summed E-state index contributed by atoms with van der Waals surface area (Å²) in [7, 11) is 3.17. The number of methoxy groups -OCH3 is 2. The van der Waals surface area contributed by atoms with E-state index in [2.05, 4.69) is 10.6 Å². The van der Waals surface area contributed by atoms with Gasteiger partial charge in [0.15, 0.2) is 0 Å². The van der Waals surface area contributed by atoms with Crippen LogP contribution < -0.4 is 10.6 Å². The molecule has 0 spiro atoms. The van der Waals surface area contributed by atoms with Crippen molar-refractivity contribution in [2.75, 3.05) is 47.1 Å². The summed E-state index contributed by atoms with van der Waals surface area (Å²) in [6, 6.07) is -0.133. The van der Waals surface area contributed by atoms with Crippen LogP contribution in [0.3, 0.4) is 0 Å². The molecule has 0 rings (SSSR count). The predicted molar refractivity (Wildman–Crippen MR) is 60.3 cm³/mol. The van der Waals surface area contributed by atoms with Crippen molar-refractivity contribution in [1.82, 2.24) is 10.6 Å². The van der Waals surface area contributed by atoms with E-state index in [1.54, 1.807) is 14.2 Å². The third-order valence-corrected chi connectivity index (χ3v) is 1.98. The SMILES string of the molecule is COCCNCC(=O)NC(CCO)COC. The van der Waals surface area contributed by atoms with Gasteiger partial charge >= 0.3 is 0 Å². The molecule has 0 aliphatic rings. The number of nitrogens with one attached hydrogen (secondary N) is 2. The van der Waals surface area contributed by atoms with Crippen molar-refractivity contribution in [3.05, 3.63) is 0 Å². The first-order valence-corrected chi connectivity index (χ1v) is 5.33. The standard InChI is InChI=1S/C10H22N2O4/c1-15-6-4-11-7-10(14)12-9(3-5-13)8-16-2/h9,11,13H,3-8H2,1-2H3,(H,12,14). The smallest absolute Gasteiger partial charge is 0.234 e. The van der Waals surface area contributed by atoms with E-state index in [4.69, 9.17) is 14.6 Å². The van der Waals surface area contributed by atoms with Gasteiger partial charge in [0.05, 0.1) is 25.8 Å². The minimum Gasteiger partial charge on any atom is -0.396 e. The van der Waals surface area contributed by atoms with Crippen LogP contribution in [0.4, 0.5) is 0 Å². The molecule has 6 heteroatoms. The summed E-state index contributed by atoms with van der Waals surface area (Å²) in [5.41, 5.74) is 0. The highest BCUT2D eigenvalue weighted by Gasteiger charge is 2.10. The normalized spacial score (nSPS) is 12.4. The van der Waals surface area contributed by atoms with E-state index in [0.29, 0.717) is 26.2 Å². The molecule has 1 atom stereocenters. The van der Waals surface area contributed by atoms with Gasteiger partial charge in [0.1, 0.15) is 0 Å². The van der Waals surface area contributed by atoms with Crippen LogP contribution in [0.15, 0.2) is 0 Å². The molecule has 6 nitrogen and oxygen atoms in total. The monoisotopic (exact) mass is 234 g/mol. The first-order chi connectivity index (χ1) is 7.74. The molecule has 0 radical (unpaired) electrons. The molecule has 0 heterocycles. The summed E-state index contributed by atoms with van der Waals surface area (Å²) in [6.07, 6.45) is 0.498. The highest BCUT2D eigenvalue weighted by molar-refractivity contribution is 5.78. The molecule has 0 aromatic carbocycles. The Morgan fingerprint density at radius 1 is 1.38 bits per heavy atom. The average Bonchev–Trinajstić information content (AvgIpc) is 2.25. The Labute approximate surface area is 96.3 Å². The maximum atomic E-state index is 11.4. The summed E-state index contributed by atoms with van der Waals surface area (Å²) in [4.78, 5) is 11.4. The van der Waals surface area contributed by atoms with Gasteiger partial charge in [-0.05, 0) is 6.42 Å². The van der Waals surface area contributed by atoms with E-state index in [1.807, 2.05) is 0 Å². The van der Waals surface area contributed by atoms with Crippen molar-refractivity contribution < 1.29 is 19.4 Å². The summed E-state index contributed by atoms with van der Waals surface area (Å²) in [5, 5.41) is 14.5. The van der Waals surface area contributed by atoms with Crippen molar-refractivity contribution in [2.24, 2.45) is 0 Å². The van der Waals surface area contributed by atoms with Crippen molar-refractivity contribution in [2.45, 2.75) is 12.5 Å². The molecule has 0 aliphatic heterocycles. The quantitative estimate of drug-likeness (QED) is 0.411. The largest absolute Gasteiger partial charge is 0.396 e. The number of aliphatic hydroxyl groups is 1. The summed E-state index contributed by atoms with van der Waals surface area (Å²) in [5.74, 6) is -0.105. The number of hydrogen-bond donors (Lipinski definition) is 3. The fraction of sp³-hybridized carbons (Fsp3) is 0.900. The van der Waals surface area contributed by atoms with Crippen molar-refractivity contribution in [1.29, 1.82) is 0 Å². The Morgan fingerprint density at radius 2 is 2.12 bits per heavy atom. The number of amides is 1. The van der Waals surface area contributed by atoms with Crippen LogP contribution >= 0.6 is 0 Å². The van der Waals surface area contributed by atoms with Crippen molar-refractivity contribution >= 4 is 5.91 Å². The number of hydrogen-bond acceptors (Lipinski definition) is 5. The summed E-state index contributed by atoms with van der Waals surface area (Å²) in [6.45, 7) is 1.90. The molecule has 96 valence electrons. The van der Waals surface area contributed by atoms with Gasteiger partial charge in [-0.15, -0.1) is 0 Å². The second-order valence-electron chi connectivity index (χ2n) is 3.40. The highest BCUT2D eigenvalue weighted by Crippen LogP contribution is 1.91. The minimum atomic E-state index is -0.133. The van der Waals surface area contributed by atoms with E-state index in [-0.39, 0.29) is 25.1 Å². The van der Waals surface area contributed by atoms with Gasteiger partial charge in [0.2, 0.25) is 5.91 Å². The van der Waals surface area contributed by atoms with Crippen LogP contribution in [0.2, 0.25) is 0 Å². The molecular weight excluding hydrogens is 212 g/mol. The maximum absolute atomic E-state index is 11.4. The van der Waals surface area contributed by atoms with E-state index in [0.717, 1.165) is 0 Å². The molecule has 1 unspecified atom stereocenters. The predicted octanol–water partition coefficient (Wildman–Crippen LogP) is -1.26. The number of carbonyl (C=O) groups excluding carboxylic acids is 1. The Morgan fingerprint density at radius 3 is 2.69 bits per heavy atom. The van der Waals surface area contributed by atoms with Crippen LogP contribution in [0.25, 0.3) is 0 Å². The van der Waals surface area contributed by atoms with Crippen LogP contribution in [-0.2, 0) is 14.3 Å². The van der Waals surface area contributed by atoms with Crippen LogP contribution in [0.1, 0.15) is 6.42 Å². The van der Waals surface area contributed by atoms with Crippen molar-refractivity contribution in [3.63, 3.8) is 0 Å². The van der Waals surface area contributed by atoms with Gasteiger partial charge in [-0.1, -0.05) is 0 Å². The molecule has 1 amide bonds. The third kappa shape index (κ3) is 8.60. The lowest BCUT2D eigenvalue weighted by atomic mass is 10.2. The molecule has 0 saturated heterocycles. The van der Waals surface area contributed by atoms with Gasteiger partial charge in [-0.25, -0.2) is 0 Å². The maximum Gasteiger partial charge on any atom is 0.234 e. The molecule has 0 bridgehead atoms. The fourth-order valence-corrected chi connectivity index (χ4v) is 1.21. The van der Waals surface area contributed by atoms with Crippen molar-refractivity contribution in [3.8, 4) is 0 Å². The zero-order valence-electron chi connectivity index (χ0n) is 9.99.